The number of carbonyl (C=O) groups is 1. The molecular weight excluding hydrogens is 251 g/mol. The van der Waals surface area contributed by atoms with Gasteiger partial charge in [-0.3, -0.25) is 0 Å². The Balaban J connectivity index is 2.42. The van der Waals surface area contributed by atoms with Crippen molar-refractivity contribution < 1.29 is 19.0 Å². The first-order valence-corrected chi connectivity index (χ1v) is 5.41. The van der Waals surface area contributed by atoms with Crippen LogP contribution < -0.4 is 10.5 Å². The topological polar surface area (TPSA) is 85.4 Å². The number of nitrogens with zero attached hydrogens (tertiary/aromatic N) is 1. The van der Waals surface area contributed by atoms with Crippen LogP contribution in [-0.4, -0.2) is 16.1 Å². The van der Waals surface area contributed by atoms with Crippen molar-refractivity contribution in [2.45, 2.75) is 6.92 Å². The largest absolute Gasteiger partial charge is 0.478 e. The predicted octanol–water partition coefficient (Wildman–Crippen LogP) is 2.60. The monoisotopic (exact) mass is 262 g/mol. The van der Waals surface area contributed by atoms with Crippen molar-refractivity contribution in [3.8, 4) is 11.6 Å². The fourth-order valence-electron chi connectivity index (χ4n) is 1.53. The number of anilines is 1. The van der Waals surface area contributed by atoms with Crippen LogP contribution in [-0.2, 0) is 0 Å². The summed E-state index contributed by atoms with van der Waals surface area (Å²) in [5.41, 5.74) is 5.75. The number of benzene rings is 1. The summed E-state index contributed by atoms with van der Waals surface area (Å²) in [4.78, 5) is 14.7. The van der Waals surface area contributed by atoms with Gasteiger partial charge in [-0.25, -0.2) is 14.2 Å². The molecule has 5 nitrogen and oxygen atoms in total. The van der Waals surface area contributed by atoms with E-state index in [-0.39, 0.29) is 22.9 Å². The Labute approximate surface area is 108 Å². The van der Waals surface area contributed by atoms with E-state index in [4.69, 9.17) is 15.6 Å². The third-order valence-electron chi connectivity index (χ3n) is 2.55. The molecule has 2 rings (SSSR count). The van der Waals surface area contributed by atoms with Crippen molar-refractivity contribution in [3.05, 3.63) is 47.4 Å². The Morgan fingerprint density at radius 1 is 1.42 bits per heavy atom. The van der Waals surface area contributed by atoms with Crippen LogP contribution in [0.5, 0.6) is 11.6 Å². The molecule has 0 spiro atoms. The van der Waals surface area contributed by atoms with Gasteiger partial charge >= 0.3 is 5.97 Å². The number of carboxylic acids is 1. The predicted molar refractivity (Wildman–Crippen MR) is 66.8 cm³/mol. The highest BCUT2D eigenvalue weighted by molar-refractivity contribution is 5.94. The number of halogens is 1. The SMILES string of the molecule is Cc1cccc(Oc2nccc(C(=O)O)c2N)c1F. The lowest BCUT2D eigenvalue weighted by Gasteiger charge is -2.10. The highest BCUT2D eigenvalue weighted by Crippen LogP contribution is 2.30. The molecule has 0 fully saturated rings. The summed E-state index contributed by atoms with van der Waals surface area (Å²) in [7, 11) is 0. The minimum Gasteiger partial charge on any atom is -0.478 e. The zero-order chi connectivity index (χ0) is 14.0. The van der Waals surface area contributed by atoms with Crippen molar-refractivity contribution in [2.75, 3.05) is 5.73 Å². The molecule has 0 amide bonds. The fourth-order valence-corrected chi connectivity index (χ4v) is 1.53. The van der Waals surface area contributed by atoms with Crippen LogP contribution in [0.2, 0.25) is 0 Å². The lowest BCUT2D eigenvalue weighted by molar-refractivity contribution is 0.0697. The zero-order valence-electron chi connectivity index (χ0n) is 10.1. The zero-order valence-corrected chi connectivity index (χ0v) is 10.1. The van der Waals surface area contributed by atoms with Gasteiger partial charge in [-0.05, 0) is 24.6 Å². The average Bonchev–Trinajstić information content (AvgIpc) is 2.37. The number of hydrogen-bond donors (Lipinski definition) is 2. The average molecular weight is 262 g/mol. The summed E-state index contributed by atoms with van der Waals surface area (Å²) in [5.74, 6) is -1.93. The lowest BCUT2D eigenvalue weighted by atomic mass is 10.2. The normalized spacial score (nSPS) is 10.2. The van der Waals surface area contributed by atoms with E-state index in [2.05, 4.69) is 4.98 Å². The van der Waals surface area contributed by atoms with Gasteiger partial charge in [-0.2, -0.15) is 0 Å². The Morgan fingerprint density at radius 2 is 2.16 bits per heavy atom. The number of pyridine rings is 1. The van der Waals surface area contributed by atoms with Crippen molar-refractivity contribution in [2.24, 2.45) is 0 Å². The lowest BCUT2D eigenvalue weighted by Crippen LogP contribution is -2.05. The summed E-state index contributed by atoms with van der Waals surface area (Å²) >= 11 is 0. The number of aryl methyl sites for hydroxylation is 1. The number of carboxylic acid groups (broad SMARTS) is 1. The minimum absolute atomic E-state index is 0.0539. The molecule has 6 heteroatoms. The van der Waals surface area contributed by atoms with E-state index < -0.39 is 11.8 Å². The maximum absolute atomic E-state index is 13.8. The van der Waals surface area contributed by atoms with Crippen molar-refractivity contribution in [3.63, 3.8) is 0 Å². The van der Waals surface area contributed by atoms with E-state index in [1.165, 1.54) is 18.3 Å². The number of rotatable bonds is 3. The molecule has 98 valence electrons. The molecule has 0 saturated heterocycles. The third kappa shape index (κ3) is 2.47. The molecule has 3 N–H and O–H groups in total. The van der Waals surface area contributed by atoms with Crippen LogP contribution in [0.4, 0.5) is 10.1 Å². The fraction of sp³-hybridized carbons (Fsp3) is 0.0769. The van der Waals surface area contributed by atoms with Gasteiger partial charge in [0.2, 0.25) is 5.88 Å². The number of nitrogen functional groups attached to an aromatic ring is 1. The van der Waals surface area contributed by atoms with Crippen LogP contribution in [0.1, 0.15) is 15.9 Å². The summed E-state index contributed by atoms with van der Waals surface area (Å²) in [6, 6.07) is 5.87. The van der Waals surface area contributed by atoms with Gasteiger partial charge in [0.25, 0.3) is 0 Å². The van der Waals surface area contributed by atoms with Gasteiger partial charge in [-0.15, -0.1) is 0 Å². The summed E-state index contributed by atoms with van der Waals surface area (Å²) in [6.07, 6.45) is 1.24. The molecule has 1 heterocycles. The number of aromatic nitrogens is 1. The molecule has 1 aromatic carbocycles. The highest BCUT2D eigenvalue weighted by atomic mass is 19.1. The molecule has 0 atom stereocenters. The molecule has 1 aromatic heterocycles. The smallest absolute Gasteiger partial charge is 0.338 e. The third-order valence-corrected chi connectivity index (χ3v) is 2.55. The second-order valence-electron chi connectivity index (χ2n) is 3.87. The van der Waals surface area contributed by atoms with E-state index in [0.717, 1.165) is 0 Å². The minimum atomic E-state index is -1.20. The summed E-state index contributed by atoms with van der Waals surface area (Å²) in [6.45, 7) is 1.59. The molecule has 0 bridgehead atoms. The highest BCUT2D eigenvalue weighted by Gasteiger charge is 2.15. The van der Waals surface area contributed by atoms with Crippen molar-refractivity contribution in [1.82, 2.24) is 4.98 Å². The first kappa shape index (κ1) is 12.8. The maximum atomic E-state index is 13.8. The number of aromatic carboxylic acids is 1. The van der Waals surface area contributed by atoms with Gasteiger partial charge in [0.15, 0.2) is 11.6 Å². The Bertz CT molecular complexity index is 644. The Morgan fingerprint density at radius 3 is 2.84 bits per heavy atom. The van der Waals surface area contributed by atoms with Crippen molar-refractivity contribution in [1.29, 1.82) is 0 Å². The Kier molecular flexibility index (Phi) is 3.33. The second-order valence-corrected chi connectivity index (χ2v) is 3.87. The molecule has 0 aliphatic rings. The molecule has 0 saturated carbocycles. The van der Waals surface area contributed by atoms with E-state index in [0.29, 0.717) is 5.56 Å². The van der Waals surface area contributed by atoms with Crippen LogP contribution >= 0.6 is 0 Å². The Hall–Kier alpha value is -2.63. The van der Waals surface area contributed by atoms with Gasteiger partial charge in [-0.1, -0.05) is 12.1 Å². The van der Waals surface area contributed by atoms with Crippen LogP contribution in [0.3, 0.4) is 0 Å². The van der Waals surface area contributed by atoms with Crippen LogP contribution in [0, 0.1) is 12.7 Å². The first-order valence-electron chi connectivity index (χ1n) is 5.41. The van der Waals surface area contributed by atoms with Gasteiger partial charge in [0.05, 0.1) is 5.56 Å². The van der Waals surface area contributed by atoms with E-state index >= 15 is 0 Å². The second kappa shape index (κ2) is 4.93. The molecule has 0 aliphatic carbocycles. The standard InChI is InChI=1S/C13H11FN2O3/c1-7-3-2-4-9(10(7)14)19-12-11(15)8(13(17)18)5-6-16-12/h2-6H,15H2,1H3,(H,17,18). The van der Waals surface area contributed by atoms with Gasteiger partial charge < -0.3 is 15.6 Å². The molecule has 0 radical (unpaired) electrons. The summed E-state index contributed by atoms with van der Waals surface area (Å²) in [5, 5.41) is 8.92. The number of nitrogens with two attached hydrogens (primary N) is 1. The molecule has 0 unspecified atom stereocenters. The molecule has 2 aromatic rings. The number of ether oxygens (including phenoxy) is 1. The van der Waals surface area contributed by atoms with E-state index in [9.17, 15) is 9.18 Å². The van der Waals surface area contributed by atoms with Crippen LogP contribution in [0.15, 0.2) is 30.5 Å². The maximum Gasteiger partial charge on any atom is 0.338 e. The quantitative estimate of drug-likeness (QED) is 0.888. The van der Waals surface area contributed by atoms with Gasteiger partial charge in [0, 0.05) is 6.20 Å². The first-order chi connectivity index (χ1) is 9.00. The van der Waals surface area contributed by atoms with E-state index in [1.54, 1.807) is 19.1 Å². The van der Waals surface area contributed by atoms with Crippen LogP contribution in [0.25, 0.3) is 0 Å². The van der Waals surface area contributed by atoms with Crippen molar-refractivity contribution >= 4 is 11.7 Å². The molecule has 0 aliphatic heterocycles. The molecular formula is C13H11FN2O3. The van der Waals surface area contributed by atoms with Gasteiger partial charge in [0.1, 0.15) is 5.69 Å². The number of hydrogen-bond acceptors (Lipinski definition) is 4. The summed E-state index contributed by atoms with van der Waals surface area (Å²) < 4.78 is 19.0. The molecule has 19 heavy (non-hydrogen) atoms. The van der Waals surface area contributed by atoms with E-state index in [1.807, 2.05) is 0 Å².